The number of hydrazone groups is 1. The van der Waals surface area contributed by atoms with Crippen LogP contribution in [0.3, 0.4) is 0 Å². The zero-order valence-electron chi connectivity index (χ0n) is 18.3. The number of thiophene rings is 1. The van der Waals surface area contributed by atoms with E-state index >= 15 is 0 Å². The minimum Gasteiger partial charge on any atom is -0.506 e. The molecule has 8 heteroatoms. The fourth-order valence-electron chi connectivity index (χ4n) is 3.02. The fraction of sp³-hybridized carbons (Fsp3) is 0.208. The first kappa shape index (κ1) is 23.4. The van der Waals surface area contributed by atoms with E-state index in [2.05, 4.69) is 48.7 Å². The molecule has 0 unspecified atom stereocenters. The van der Waals surface area contributed by atoms with Crippen molar-refractivity contribution in [2.75, 3.05) is 5.32 Å². The van der Waals surface area contributed by atoms with Crippen LogP contribution in [0.1, 0.15) is 49.2 Å². The summed E-state index contributed by atoms with van der Waals surface area (Å²) < 4.78 is 0. The van der Waals surface area contributed by atoms with E-state index in [0.29, 0.717) is 17.0 Å². The van der Waals surface area contributed by atoms with Crippen LogP contribution < -0.4 is 10.7 Å². The fourth-order valence-corrected chi connectivity index (χ4v) is 4.19. The summed E-state index contributed by atoms with van der Waals surface area (Å²) in [6, 6.07) is 14.5. The molecule has 1 heterocycles. The molecule has 3 aromatic rings. The zero-order valence-corrected chi connectivity index (χ0v) is 19.9. The molecule has 32 heavy (non-hydrogen) atoms. The first-order valence-electron chi connectivity index (χ1n) is 9.92. The van der Waals surface area contributed by atoms with Gasteiger partial charge in [-0.3, -0.25) is 5.43 Å². The summed E-state index contributed by atoms with van der Waals surface area (Å²) in [5, 5.41) is 29.1. The number of carboxylic acids is 1. The molecule has 0 saturated heterocycles. The number of benzene rings is 2. The molecule has 0 fully saturated rings. The highest BCUT2D eigenvalue weighted by molar-refractivity contribution is 7.80. The number of hydrogen-bond donors (Lipinski definition) is 4. The van der Waals surface area contributed by atoms with Gasteiger partial charge in [-0.05, 0) is 53.9 Å². The van der Waals surface area contributed by atoms with Crippen LogP contribution in [0.25, 0.3) is 10.4 Å². The van der Waals surface area contributed by atoms with Gasteiger partial charge in [0.15, 0.2) is 5.11 Å². The Kier molecular flexibility index (Phi) is 6.96. The molecule has 1 aromatic heterocycles. The van der Waals surface area contributed by atoms with E-state index in [1.807, 2.05) is 17.5 Å². The SMILES string of the molecule is C/C(=N\NC(=S)Nc1cccc(C(=O)O)c1)c1csc(-c2ccc(C(C)(C)C)cc2)c1O. The maximum atomic E-state index is 11.1. The summed E-state index contributed by atoms with van der Waals surface area (Å²) >= 11 is 6.68. The Morgan fingerprint density at radius 1 is 1.12 bits per heavy atom. The van der Waals surface area contributed by atoms with Gasteiger partial charge in [0.05, 0.1) is 21.7 Å². The van der Waals surface area contributed by atoms with Crippen LogP contribution >= 0.6 is 23.6 Å². The Morgan fingerprint density at radius 3 is 2.44 bits per heavy atom. The number of nitrogens with zero attached hydrogens (tertiary/aromatic N) is 1. The Labute approximate surface area is 196 Å². The quantitative estimate of drug-likeness (QED) is 0.214. The number of aromatic hydroxyl groups is 1. The van der Waals surface area contributed by atoms with Gasteiger partial charge in [0.25, 0.3) is 0 Å². The lowest BCUT2D eigenvalue weighted by molar-refractivity contribution is 0.0697. The summed E-state index contributed by atoms with van der Waals surface area (Å²) in [5.41, 5.74) is 6.86. The number of hydrogen-bond acceptors (Lipinski definition) is 5. The van der Waals surface area contributed by atoms with Gasteiger partial charge in [0.1, 0.15) is 5.75 Å². The van der Waals surface area contributed by atoms with E-state index in [9.17, 15) is 9.90 Å². The molecule has 0 aliphatic heterocycles. The lowest BCUT2D eigenvalue weighted by atomic mass is 9.86. The van der Waals surface area contributed by atoms with Crippen LogP contribution in [0.4, 0.5) is 5.69 Å². The normalized spacial score (nSPS) is 11.8. The third-order valence-electron chi connectivity index (χ3n) is 4.86. The highest BCUT2D eigenvalue weighted by Gasteiger charge is 2.17. The highest BCUT2D eigenvalue weighted by Crippen LogP contribution is 2.39. The summed E-state index contributed by atoms with van der Waals surface area (Å²) in [6.07, 6.45) is 0. The highest BCUT2D eigenvalue weighted by atomic mass is 32.1. The molecular weight excluding hydrogens is 442 g/mol. The van der Waals surface area contributed by atoms with Gasteiger partial charge in [0.2, 0.25) is 0 Å². The van der Waals surface area contributed by atoms with E-state index in [-0.39, 0.29) is 21.8 Å². The van der Waals surface area contributed by atoms with E-state index in [1.54, 1.807) is 19.1 Å². The Bertz CT molecular complexity index is 1180. The predicted octanol–water partition coefficient (Wildman–Crippen LogP) is 5.83. The van der Waals surface area contributed by atoms with Crippen LogP contribution in [-0.2, 0) is 5.41 Å². The van der Waals surface area contributed by atoms with Crippen molar-refractivity contribution in [1.29, 1.82) is 0 Å². The smallest absolute Gasteiger partial charge is 0.335 e. The first-order valence-corrected chi connectivity index (χ1v) is 11.2. The average molecular weight is 468 g/mol. The Hall–Kier alpha value is -3.23. The second-order valence-electron chi connectivity index (χ2n) is 8.30. The van der Waals surface area contributed by atoms with Crippen LogP contribution in [0.15, 0.2) is 59.0 Å². The van der Waals surface area contributed by atoms with Gasteiger partial charge in [-0.15, -0.1) is 11.3 Å². The van der Waals surface area contributed by atoms with Crippen molar-refractivity contribution in [3.05, 3.63) is 70.6 Å². The molecule has 6 nitrogen and oxygen atoms in total. The predicted molar refractivity (Wildman–Crippen MR) is 135 cm³/mol. The number of thiocarbonyl (C=S) groups is 1. The molecular formula is C24H25N3O3S2. The standard InChI is InChI=1S/C24H25N3O3S2/c1-14(26-27-23(31)25-18-7-5-6-16(12-18)22(29)30)19-13-32-21(20(19)28)15-8-10-17(11-9-15)24(2,3)4/h5-13,28H,1-4H3,(H,29,30)(H2,25,27,31)/b26-14+. The third-order valence-corrected chi connectivity index (χ3v) is 6.07. The largest absolute Gasteiger partial charge is 0.506 e. The molecule has 0 spiro atoms. The topological polar surface area (TPSA) is 94.0 Å². The van der Waals surface area contributed by atoms with Crippen molar-refractivity contribution in [2.24, 2.45) is 5.10 Å². The first-order chi connectivity index (χ1) is 15.1. The minimum absolute atomic E-state index is 0.0670. The van der Waals surface area contributed by atoms with Gasteiger partial charge in [0, 0.05) is 11.1 Å². The molecule has 0 amide bonds. The van der Waals surface area contributed by atoms with E-state index in [4.69, 9.17) is 17.3 Å². The molecule has 166 valence electrons. The second kappa shape index (κ2) is 9.50. The number of aromatic carboxylic acids is 1. The molecule has 0 radical (unpaired) electrons. The molecule has 0 atom stereocenters. The monoisotopic (exact) mass is 467 g/mol. The summed E-state index contributed by atoms with van der Waals surface area (Å²) in [5.74, 6) is -0.840. The Morgan fingerprint density at radius 2 is 1.81 bits per heavy atom. The minimum atomic E-state index is -1.02. The molecule has 2 aromatic carbocycles. The molecule has 0 bridgehead atoms. The number of carboxylic acid groups (broad SMARTS) is 1. The molecule has 0 aliphatic carbocycles. The van der Waals surface area contributed by atoms with Crippen LogP contribution in [0.5, 0.6) is 5.75 Å². The average Bonchev–Trinajstić information content (AvgIpc) is 3.13. The number of nitrogens with one attached hydrogen (secondary N) is 2. The van der Waals surface area contributed by atoms with E-state index in [1.165, 1.54) is 29.0 Å². The van der Waals surface area contributed by atoms with Crippen molar-refractivity contribution >= 4 is 46.0 Å². The Balaban J connectivity index is 1.71. The van der Waals surface area contributed by atoms with Crippen molar-refractivity contribution in [1.82, 2.24) is 5.43 Å². The second-order valence-corrected chi connectivity index (χ2v) is 9.59. The van der Waals surface area contributed by atoms with E-state index in [0.717, 1.165) is 10.4 Å². The lowest BCUT2D eigenvalue weighted by Gasteiger charge is -2.19. The van der Waals surface area contributed by atoms with Gasteiger partial charge < -0.3 is 15.5 Å². The van der Waals surface area contributed by atoms with Gasteiger partial charge >= 0.3 is 5.97 Å². The van der Waals surface area contributed by atoms with E-state index < -0.39 is 5.97 Å². The maximum Gasteiger partial charge on any atom is 0.335 e. The molecule has 0 aliphatic rings. The van der Waals surface area contributed by atoms with Crippen LogP contribution in [-0.4, -0.2) is 27.0 Å². The third kappa shape index (κ3) is 5.52. The van der Waals surface area contributed by atoms with Gasteiger partial charge in [-0.1, -0.05) is 51.1 Å². The lowest BCUT2D eigenvalue weighted by Crippen LogP contribution is -2.25. The van der Waals surface area contributed by atoms with Gasteiger partial charge in [-0.25, -0.2) is 4.79 Å². The van der Waals surface area contributed by atoms with Crippen molar-refractivity contribution in [3.8, 4) is 16.2 Å². The summed E-state index contributed by atoms with van der Waals surface area (Å²) in [4.78, 5) is 11.9. The zero-order chi connectivity index (χ0) is 23.5. The van der Waals surface area contributed by atoms with Crippen LogP contribution in [0.2, 0.25) is 0 Å². The van der Waals surface area contributed by atoms with Crippen molar-refractivity contribution in [3.63, 3.8) is 0 Å². The van der Waals surface area contributed by atoms with Crippen molar-refractivity contribution < 1.29 is 15.0 Å². The van der Waals surface area contributed by atoms with Crippen LogP contribution in [0, 0.1) is 0 Å². The summed E-state index contributed by atoms with van der Waals surface area (Å²) in [7, 11) is 0. The maximum absolute atomic E-state index is 11.1. The summed E-state index contributed by atoms with van der Waals surface area (Å²) in [6.45, 7) is 8.27. The van der Waals surface area contributed by atoms with Crippen molar-refractivity contribution in [2.45, 2.75) is 33.1 Å². The number of carbonyl (C=O) groups is 1. The molecule has 0 saturated carbocycles. The number of rotatable bonds is 5. The van der Waals surface area contributed by atoms with Gasteiger partial charge in [-0.2, -0.15) is 5.10 Å². The number of anilines is 1. The molecule has 4 N–H and O–H groups in total. The molecule has 3 rings (SSSR count).